The number of ether oxygens (including phenoxy) is 3. The number of rotatable bonds is 5. The molecule has 0 saturated carbocycles. The van der Waals surface area contributed by atoms with Gasteiger partial charge in [0.05, 0.1) is 7.11 Å². The summed E-state index contributed by atoms with van der Waals surface area (Å²) in [5.74, 6) is -0.543. The largest absolute Gasteiger partial charge is 0.504 e. The average Bonchev–Trinajstić information content (AvgIpc) is 2.61. The number of benzene rings is 1. The van der Waals surface area contributed by atoms with Gasteiger partial charge in [-0.3, -0.25) is 0 Å². The van der Waals surface area contributed by atoms with Crippen LogP contribution in [-0.4, -0.2) is 75.9 Å². The maximum atomic E-state index is 11.7. The summed E-state index contributed by atoms with van der Waals surface area (Å²) in [6, 6.07) is 4.48. The molecule has 1 saturated heterocycles. The summed E-state index contributed by atoms with van der Waals surface area (Å²) in [6.45, 7) is -0.427. The molecular formula is C16H20O9. The number of carbonyl (C=O) groups is 1. The molecule has 2 rings (SSSR count). The monoisotopic (exact) mass is 356 g/mol. The Kier molecular flexibility index (Phi) is 6.34. The van der Waals surface area contributed by atoms with Crippen molar-refractivity contribution in [1.29, 1.82) is 0 Å². The Morgan fingerprint density at radius 2 is 1.92 bits per heavy atom. The topological polar surface area (TPSA) is 146 Å². The first-order valence-electron chi connectivity index (χ1n) is 7.43. The molecule has 0 spiro atoms. The molecule has 9 heteroatoms. The fourth-order valence-corrected chi connectivity index (χ4v) is 2.24. The number of hydrogen-bond donors (Lipinski definition) is 5. The van der Waals surface area contributed by atoms with Crippen molar-refractivity contribution in [2.75, 3.05) is 13.7 Å². The van der Waals surface area contributed by atoms with Gasteiger partial charge in [0.25, 0.3) is 0 Å². The Morgan fingerprint density at radius 1 is 1.20 bits per heavy atom. The molecule has 0 amide bonds. The zero-order valence-electron chi connectivity index (χ0n) is 13.3. The third-order valence-electron chi connectivity index (χ3n) is 3.69. The number of hydrogen-bond acceptors (Lipinski definition) is 9. The molecule has 138 valence electrons. The molecular weight excluding hydrogens is 336 g/mol. The van der Waals surface area contributed by atoms with E-state index in [0.717, 1.165) is 6.08 Å². The van der Waals surface area contributed by atoms with E-state index in [9.17, 15) is 30.3 Å². The Balaban J connectivity index is 1.90. The third-order valence-corrected chi connectivity index (χ3v) is 3.69. The zero-order chi connectivity index (χ0) is 18.6. The molecule has 0 aromatic heterocycles. The van der Waals surface area contributed by atoms with Gasteiger partial charge in [-0.1, -0.05) is 6.07 Å². The summed E-state index contributed by atoms with van der Waals surface area (Å²) in [5.41, 5.74) is 0.578. The van der Waals surface area contributed by atoms with E-state index in [-0.39, 0.29) is 11.5 Å². The van der Waals surface area contributed by atoms with E-state index < -0.39 is 43.3 Å². The molecule has 0 aliphatic carbocycles. The quantitative estimate of drug-likeness (QED) is 0.323. The Morgan fingerprint density at radius 3 is 2.60 bits per heavy atom. The molecule has 0 radical (unpaired) electrons. The average molecular weight is 356 g/mol. The summed E-state index contributed by atoms with van der Waals surface area (Å²) >= 11 is 0. The van der Waals surface area contributed by atoms with Gasteiger partial charge in [0.15, 0.2) is 17.8 Å². The van der Waals surface area contributed by atoms with Crippen molar-refractivity contribution in [3.05, 3.63) is 29.8 Å². The van der Waals surface area contributed by atoms with E-state index in [1.807, 2.05) is 0 Å². The minimum atomic E-state index is -1.69. The van der Waals surface area contributed by atoms with E-state index in [1.165, 1.54) is 25.3 Å². The molecule has 1 fully saturated rings. The van der Waals surface area contributed by atoms with Crippen LogP contribution in [0.1, 0.15) is 5.56 Å². The van der Waals surface area contributed by atoms with Crippen molar-refractivity contribution < 1.29 is 44.5 Å². The van der Waals surface area contributed by atoms with Gasteiger partial charge in [-0.25, -0.2) is 4.79 Å². The normalized spacial score (nSPS) is 29.6. The lowest BCUT2D eigenvalue weighted by atomic mass is 9.99. The molecule has 0 bridgehead atoms. The van der Waals surface area contributed by atoms with Gasteiger partial charge in [-0.2, -0.15) is 0 Å². The van der Waals surface area contributed by atoms with E-state index >= 15 is 0 Å². The summed E-state index contributed by atoms with van der Waals surface area (Å²) in [7, 11) is 1.39. The summed E-state index contributed by atoms with van der Waals surface area (Å²) in [4.78, 5) is 11.7. The van der Waals surface area contributed by atoms with Gasteiger partial charge < -0.3 is 39.7 Å². The minimum Gasteiger partial charge on any atom is -0.504 e. The molecule has 5 atom stereocenters. The first kappa shape index (κ1) is 19.2. The van der Waals surface area contributed by atoms with Crippen LogP contribution in [0, 0.1) is 0 Å². The molecule has 5 unspecified atom stereocenters. The van der Waals surface area contributed by atoms with E-state index in [0.29, 0.717) is 5.56 Å². The fourth-order valence-electron chi connectivity index (χ4n) is 2.24. The van der Waals surface area contributed by atoms with Crippen LogP contribution in [0.25, 0.3) is 6.08 Å². The van der Waals surface area contributed by atoms with Crippen LogP contribution < -0.4 is 4.74 Å². The van der Waals surface area contributed by atoms with Crippen molar-refractivity contribution in [1.82, 2.24) is 0 Å². The standard InChI is InChI=1S/C16H20O9/c1-23-10-6-8(2-4-9(10)17)3-5-12(18)24-7-11-13(19)14(20)15(21)16(22)25-11/h2-6,11,13-17,19-22H,7H2,1H3/b5-3+. The van der Waals surface area contributed by atoms with E-state index in [1.54, 1.807) is 6.07 Å². The second kappa shape index (κ2) is 8.28. The van der Waals surface area contributed by atoms with Gasteiger partial charge >= 0.3 is 5.97 Å². The Labute approximate surface area is 143 Å². The number of aliphatic hydroxyl groups is 4. The van der Waals surface area contributed by atoms with Gasteiger partial charge in [-0.05, 0) is 23.8 Å². The maximum Gasteiger partial charge on any atom is 0.330 e. The molecule has 1 aliphatic heterocycles. The first-order valence-corrected chi connectivity index (χ1v) is 7.43. The maximum absolute atomic E-state index is 11.7. The van der Waals surface area contributed by atoms with E-state index in [2.05, 4.69) is 0 Å². The van der Waals surface area contributed by atoms with Gasteiger partial charge in [0, 0.05) is 6.08 Å². The van der Waals surface area contributed by atoms with Crippen LogP contribution in [0.4, 0.5) is 0 Å². The lowest BCUT2D eigenvalue weighted by molar-refractivity contribution is -0.287. The first-order chi connectivity index (χ1) is 11.8. The highest BCUT2D eigenvalue weighted by molar-refractivity contribution is 5.87. The van der Waals surface area contributed by atoms with Crippen LogP contribution in [0.15, 0.2) is 24.3 Å². The highest BCUT2D eigenvalue weighted by Crippen LogP contribution is 2.26. The molecule has 1 aromatic rings. The molecule has 5 N–H and O–H groups in total. The van der Waals surface area contributed by atoms with Crippen LogP contribution in [0.2, 0.25) is 0 Å². The Hall–Kier alpha value is -2.17. The predicted molar refractivity (Wildman–Crippen MR) is 83.6 cm³/mol. The predicted octanol–water partition coefficient (Wildman–Crippen LogP) is -1.24. The van der Waals surface area contributed by atoms with Gasteiger partial charge in [0.2, 0.25) is 0 Å². The number of methoxy groups -OCH3 is 1. The summed E-state index contributed by atoms with van der Waals surface area (Å²) in [6.07, 6.45) is -5.12. The number of aromatic hydroxyl groups is 1. The van der Waals surface area contributed by atoms with Crippen molar-refractivity contribution in [3.8, 4) is 11.5 Å². The number of esters is 1. The van der Waals surface area contributed by atoms with Crippen molar-refractivity contribution in [2.45, 2.75) is 30.7 Å². The zero-order valence-corrected chi connectivity index (χ0v) is 13.3. The Bertz CT molecular complexity index is 630. The molecule has 1 heterocycles. The number of phenolic OH excluding ortho intramolecular Hbond substituents is 1. The lowest BCUT2D eigenvalue weighted by Crippen LogP contribution is -2.58. The highest BCUT2D eigenvalue weighted by Gasteiger charge is 2.43. The SMILES string of the molecule is COc1cc(/C=C/C(=O)OCC2OC(O)C(O)C(O)C2O)ccc1O. The number of phenols is 1. The molecule has 1 aliphatic rings. The van der Waals surface area contributed by atoms with Crippen LogP contribution in [-0.2, 0) is 14.3 Å². The molecule has 9 nitrogen and oxygen atoms in total. The van der Waals surface area contributed by atoms with Gasteiger partial charge in [-0.15, -0.1) is 0 Å². The van der Waals surface area contributed by atoms with Crippen molar-refractivity contribution in [3.63, 3.8) is 0 Å². The van der Waals surface area contributed by atoms with E-state index in [4.69, 9.17) is 14.2 Å². The minimum absolute atomic E-state index is 0.0371. The van der Waals surface area contributed by atoms with Crippen LogP contribution >= 0.6 is 0 Å². The van der Waals surface area contributed by atoms with Crippen molar-refractivity contribution >= 4 is 12.0 Å². The van der Waals surface area contributed by atoms with Gasteiger partial charge in [0.1, 0.15) is 31.0 Å². The highest BCUT2D eigenvalue weighted by atomic mass is 16.6. The number of aliphatic hydroxyl groups excluding tert-OH is 4. The molecule has 1 aromatic carbocycles. The molecule has 25 heavy (non-hydrogen) atoms. The fraction of sp³-hybridized carbons (Fsp3) is 0.438. The summed E-state index contributed by atoms with van der Waals surface area (Å²) in [5, 5.41) is 47.5. The van der Waals surface area contributed by atoms with Crippen LogP contribution in [0.5, 0.6) is 11.5 Å². The second-order valence-corrected chi connectivity index (χ2v) is 5.43. The second-order valence-electron chi connectivity index (χ2n) is 5.43. The van der Waals surface area contributed by atoms with Crippen molar-refractivity contribution in [2.24, 2.45) is 0 Å². The smallest absolute Gasteiger partial charge is 0.330 e. The lowest BCUT2D eigenvalue weighted by Gasteiger charge is -2.37. The third kappa shape index (κ3) is 4.68. The number of carbonyl (C=O) groups excluding carboxylic acids is 1. The summed E-state index contributed by atoms with van der Waals surface area (Å²) < 4.78 is 14.7. The van der Waals surface area contributed by atoms with Crippen LogP contribution in [0.3, 0.4) is 0 Å².